The van der Waals surface area contributed by atoms with Gasteiger partial charge in [0.15, 0.2) is 0 Å². The fourth-order valence-electron chi connectivity index (χ4n) is 6.46. The number of likely N-dealkylation sites (tertiary alicyclic amines) is 1. The van der Waals surface area contributed by atoms with Gasteiger partial charge in [-0.15, -0.1) is 11.8 Å². The predicted octanol–water partition coefficient (Wildman–Crippen LogP) is 0.379. The Kier molecular flexibility index (Phi) is 7.65. The number of hydrogen-bond acceptors (Lipinski definition) is 7. The molecule has 36 heavy (non-hydrogen) atoms. The van der Waals surface area contributed by atoms with Crippen molar-refractivity contribution in [3.8, 4) is 0 Å². The number of hydrogen-bond donors (Lipinski definition) is 3. The molecule has 3 N–H and O–H groups in total. The lowest BCUT2D eigenvalue weighted by atomic mass is 9.70. The van der Waals surface area contributed by atoms with E-state index in [1.165, 1.54) is 0 Å². The molecule has 4 heterocycles. The van der Waals surface area contributed by atoms with Gasteiger partial charge in [-0.3, -0.25) is 19.3 Å². The number of amides is 3. The standard InChI is InChI=1S/C25H33BrN4O5S/c1-27-22(32)18-19-24(34)30(17(14-31)15-5-3-2-4-6-15)21(25(19)13-16(26)20(18)36-25)23(33)28-7-8-29-9-11-35-12-10-29/h2-6,16-21,31H,7-14H2,1H3,(H,27,32)(H,28,33)/t16?,17-,18+,19+,20+,21?,25?/m1/s1. The third kappa shape index (κ3) is 4.26. The van der Waals surface area contributed by atoms with Crippen LogP contribution in [0, 0.1) is 11.8 Å². The molecule has 0 aromatic heterocycles. The fraction of sp³-hybridized carbons (Fsp3) is 0.640. The molecule has 4 saturated heterocycles. The zero-order valence-corrected chi connectivity index (χ0v) is 22.7. The minimum atomic E-state index is -0.790. The van der Waals surface area contributed by atoms with Crippen LogP contribution in [-0.2, 0) is 19.1 Å². The number of morpholine rings is 1. The summed E-state index contributed by atoms with van der Waals surface area (Å²) in [5, 5.41) is 16.2. The van der Waals surface area contributed by atoms with Crippen LogP contribution in [0.25, 0.3) is 0 Å². The summed E-state index contributed by atoms with van der Waals surface area (Å²) in [5.41, 5.74) is 0.766. The highest BCUT2D eigenvalue weighted by Crippen LogP contribution is 2.68. The van der Waals surface area contributed by atoms with E-state index in [0.717, 1.165) is 18.7 Å². The van der Waals surface area contributed by atoms with Crippen LogP contribution < -0.4 is 10.6 Å². The van der Waals surface area contributed by atoms with Crippen LogP contribution in [-0.4, -0.2) is 107 Å². The van der Waals surface area contributed by atoms with E-state index < -0.39 is 28.7 Å². The highest BCUT2D eigenvalue weighted by atomic mass is 79.9. The monoisotopic (exact) mass is 580 g/mol. The SMILES string of the molecule is CNC(=O)[C@H]1[C@H]2C(=O)N([C@H](CO)c3ccccc3)C(C(=O)NCCN3CCOCC3)C23CC(Br)[C@@H]1S3. The normalized spacial score (nSPS) is 34.5. The van der Waals surface area contributed by atoms with Gasteiger partial charge >= 0.3 is 0 Å². The summed E-state index contributed by atoms with van der Waals surface area (Å²) in [6.07, 6.45) is 0.608. The second-order valence-corrected chi connectivity index (χ2v) is 12.6. The number of alkyl halides is 1. The number of ether oxygens (including phenoxy) is 1. The molecule has 4 aliphatic rings. The highest BCUT2D eigenvalue weighted by molar-refractivity contribution is 9.09. The largest absolute Gasteiger partial charge is 0.394 e. The van der Waals surface area contributed by atoms with Gasteiger partial charge in [0.1, 0.15) is 6.04 Å². The molecule has 1 aromatic rings. The topological polar surface area (TPSA) is 111 Å². The zero-order valence-electron chi connectivity index (χ0n) is 20.3. The summed E-state index contributed by atoms with van der Waals surface area (Å²) in [4.78, 5) is 44.9. The second-order valence-electron chi connectivity index (χ2n) is 9.88. The van der Waals surface area contributed by atoms with Gasteiger partial charge in [0.05, 0.1) is 42.4 Å². The van der Waals surface area contributed by atoms with Crippen molar-refractivity contribution in [2.24, 2.45) is 11.8 Å². The van der Waals surface area contributed by atoms with Crippen LogP contribution in [0.15, 0.2) is 30.3 Å². The molecule has 7 atom stereocenters. The van der Waals surface area contributed by atoms with Crippen molar-refractivity contribution in [2.45, 2.75) is 33.3 Å². The maximum atomic E-state index is 14.1. The van der Waals surface area contributed by atoms with E-state index in [-0.39, 0.29) is 34.4 Å². The second kappa shape index (κ2) is 10.6. The molecule has 3 amide bonds. The first kappa shape index (κ1) is 26.0. The molecule has 0 aliphatic carbocycles. The molecule has 4 fully saturated rings. The van der Waals surface area contributed by atoms with Gasteiger partial charge < -0.3 is 25.4 Å². The third-order valence-electron chi connectivity index (χ3n) is 8.05. The summed E-state index contributed by atoms with van der Waals surface area (Å²) in [6, 6.07) is 7.85. The molecule has 0 radical (unpaired) electrons. The van der Waals surface area contributed by atoms with Crippen LogP contribution in [0.1, 0.15) is 18.0 Å². The van der Waals surface area contributed by atoms with Gasteiger partial charge in [0.25, 0.3) is 0 Å². The fourth-order valence-corrected chi connectivity index (χ4v) is 10.1. The Hall–Kier alpha value is -1.66. The number of nitrogens with zero attached hydrogens (tertiary/aromatic N) is 2. The number of rotatable bonds is 8. The molecule has 9 nitrogen and oxygen atoms in total. The van der Waals surface area contributed by atoms with Gasteiger partial charge in [-0.05, 0) is 12.0 Å². The summed E-state index contributed by atoms with van der Waals surface area (Å²) in [6.45, 7) is 3.87. The first-order valence-electron chi connectivity index (χ1n) is 12.5. The Morgan fingerprint density at radius 1 is 1.25 bits per heavy atom. The molecule has 196 valence electrons. The molecule has 1 spiro atoms. The van der Waals surface area contributed by atoms with Crippen molar-refractivity contribution in [1.29, 1.82) is 0 Å². The number of carbonyl (C=O) groups is 3. The smallest absolute Gasteiger partial charge is 0.244 e. The van der Waals surface area contributed by atoms with Crippen LogP contribution in [0.2, 0.25) is 0 Å². The number of halogens is 1. The van der Waals surface area contributed by atoms with Crippen molar-refractivity contribution < 1.29 is 24.2 Å². The summed E-state index contributed by atoms with van der Waals surface area (Å²) < 4.78 is 4.67. The third-order valence-corrected chi connectivity index (χ3v) is 11.3. The number of aliphatic hydroxyl groups excluding tert-OH is 1. The number of carbonyl (C=O) groups excluding carboxylic acids is 3. The Balaban J connectivity index is 1.47. The average Bonchev–Trinajstić information content (AvgIpc) is 3.49. The minimum Gasteiger partial charge on any atom is -0.394 e. The molecule has 0 saturated carbocycles. The lowest BCUT2D eigenvalue weighted by Gasteiger charge is -2.37. The quantitative estimate of drug-likeness (QED) is 0.381. The van der Waals surface area contributed by atoms with E-state index in [9.17, 15) is 19.5 Å². The van der Waals surface area contributed by atoms with Crippen molar-refractivity contribution in [3.63, 3.8) is 0 Å². The molecule has 11 heteroatoms. The first-order valence-corrected chi connectivity index (χ1v) is 14.3. The summed E-state index contributed by atoms with van der Waals surface area (Å²) in [5.74, 6) is -1.78. The molecule has 4 aliphatic heterocycles. The van der Waals surface area contributed by atoms with Gasteiger partial charge in [-0.1, -0.05) is 46.3 Å². The van der Waals surface area contributed by atoms with Gasteiger partial charge in [0, 0.05) is 43.3 Å². The van der Waals surface area contributed by atoms with Crippen molar-refractivity contribution >= 4 is 45.4 Å². The highest BCUT2D eigenvalue weighted by Gasteiger charge is 2.76. The van der Waals surface area contributed by atoms with E-state index in [1.54, 1.807) is 23.7 Å². The molecule has 5 rings (SSSR count). The van der Waals surface area contributed by atoms with Crippen LogP contribution in [0.5, 0.6) is 0 Å². The van der Waals surface area contributed by atoms with Crippen molar-refractivity contribution in [1.82, 2.24) is 20.4 Å². The first-order chi connectivity index (χ1) is 17.4. The molecular formula is C25H33BrN4O5S. The zero-order chi connectivity index (χ0) is 25.4. The van der Waals surface area contributed by atoms with Crippen LogP contribution >= 0.6 is 27.7 Å². The maximum absolute atomic E-state index is 14.1. The maximum Gasteiger partial charge on any atom is 0.244 e. The van der Waals surface area contributed by atoms with Crippen molar-refractivity contribution in [2.75, 3.05) is 53.0 Å². The number of thioether (sulfide) groups is 1. The van der Waals surface area contributed by atoms with Gasteiger partial charge in [-0.25, -0.2) is 0 Å². The molecule has 2 bridgehead atoms. The number of aliphatic hydroxyl groups is 1. The van der Waals surface area contributed by atoms with Crippen LogP contribution in [0.3, 0.4) is 0 Å². The summed E-state index contributed by atoms with van der Waals surface area (Å²) in [7, 11) is 1.59. The van der Waals surface area contributed by atoms with Gasteiger partial charge in [-0.2, -0.15) is 0 Å². The predicted molar refractivity (Wildman–Crippen MR) is 140 cm³/mol. The van der Waals surface area contributed by atoms with E-state index in [4.69, 9.17) is 4.74 Å². The Morgan fingerprint density at radius 2 is 1.97 bits per heavy atom. The molecule has 1 aromatic carbocycles. The van der Waals surface area contributed by atoms with E-state index in [1.807, 2.05) is 30.3 Å². The van der Waals surface area contributed by atoms with Gasteiger partial charge in [0.2, 0.25) is 17.7 Å². The average molecular weight is 582 g/mol. The van der Waals surface area contributed by atoms with E-state index >= 15 is 0 Å². The van der Waals surface area contributed by atoms with E-state index in [0.29, 0.717) is 32.7 Å². The lowest BCUT2D eigenvalue weighted by molar-refractivity contribution is -0.142. The minimum absolute atomic E-state index is 0.0155. The number of nitrogens with one attached hydrogen (secondary N) is 2. The number of fused-ring (bicyclic) bond motifs is 1. The molecular weight excluding hydrogens is 548 g/mol. The lowest BCUT2D eigenvalue weighted by Crippen LogP contribution is -2.56. The Bertz CT molecular complexity index is 996. The Labute approximate surface area is 223 Å². The van der Waals surface area contributed by atoms with E-state index in [2.05, 4.69) is 31.5 Å². The Morgan fingerprint density at radius 3 is 2.64 bits per heavy atom. The summed E-state index contributed by atoms with van der Waals surface area (Å²) >= 11 is 5.35. The van der Waals surface area contributed by atoms with Crippen LogP contribution in [0.4, 0.5) is 0 Å². The number of benzene rings is 1. The van der Waals surface area contributed by atoms with Crippen molar-refractivity contribution in [3.05, 3.63) is 35.9 Å². The molecule has 3 unspecified atom stereocenters.